The van der Waals surface area contributed by atoms with Gasteiger partial charge in [-0.1, -0.05) is 36.4 Å². The van der Waals surface area contributed by atoms with Crippen LogP contribution in [0.3, 0.4) is 0 Å². The minimum absolute atomic E-state index is 0.904. The molecular formula is C16H19N3. The minimum Gasteiger partial charge on any atom is -0.354 e. The van der Waals surface area contributed by atoms with Crippen molar-refractivity contribution in [1.82, 2.24) is 10.3 Å². The van der Waals surface area contributed by atoms with Gasteiger partial charge in [0.1, 0.15) is 5.82 Å². The molecule has 98 valence electrons. The molecule has 1 saturated heterocycles. The molecule has 0 aliphatic carbocycles. The summed E-state index contributed by atoms with van der Waals surface area (Å²) in [5.41, 5.74) is 2.45. The van der Waals surface area contributed by atoms with E-state index in [1.54, 1.807) is 0 Å². The fourth-order valence-electron chi connectivity index (χ4n) is 2.44. The fraction of sp³-hybridized carbons (Fsp3) is 0.312. The summed E-state index contributed by atoms with van der Waals surface area (Å²) in [6, 6.07) is 16.8. The van der Waals surface area contributed by atoms with Crippen LogP contribution in [-0.4, -0.2) is 31.2 Å². The first-order valence-electron chi connectivity index (χ1n) is 6.87. The van der Waals surface area contributed by atoms with Gasteiger partial charge in [0.05, 0.1) is 0 Å². The highest BCUT2D eigenvalue weighted by molar-refractivity contribution is 5.40. The van der Waals surface area contributed by atoms with E-state index in [2.05, 4.69) is 52.7 Å². The first-order valence-corrected chi connectivity index (χ1v) is 6.87. The molecule has 2 aromatic rings. The maximum absolute atomic E-state index is 4.79. The molecule has 0 radical (unpaired) electrons. The number of aromatic nitrogens is 1. The normalized spacial score (nSPS) is 15.5. The van der Waals surface area contributed by atoms with E-state index in [0.717, 1.165) is 44.1 Å². The van der Waals surface area contributed by atoms with Gasteiger partial charge in [0.15, 0.2) is 0 Å². The smallest absolute Gasteiger partial charge is 0.128 e. The molecule has 0 unspecified atom stereocenters. The summed E-state index contributed by atoms with van der Waals surface area (Å²) in [6.07, 6.45) is 0.904. The van der Waals surface area contributed by atoms with Gasteiger partial charge in [-0.15, -0.1) is 0 Å². The Bertz CT molecular complexity index is 519. The zero-order chi connectivity index (χ0) is 12.9. The second-order valence-electron chi connectivity index (χ2n) is 4.89. The van der Waals surface area contributed by atoms with E-state index in [1.165, 1.54) is 5.56 Å². The van der Waals surface area contributed by atoms with Crippen molar-refractivity contribution in [1.29, 1.82) is 0 Å². The molecule has 1 N–H and O–H groups in total. The molecule has 3 rings (SSSR count). The molecule has 1 aromatic carbocycles. The van der Waals surface area contributed by atoms with E-state index in [4.69, 9.17) is 4.98 Å². The maximum Gasteiger partial charge on any atom is 0.128 e. The Morgan fingerprint density at radius 3 is 2.53 bits per heavy atom. The summed E-state index contributed by atoms with van der Waals surface area (Å²) < 4.78 is 0. The quantitative estimate of drug-likeness (QED) is 0.908. The molecule has 3 nitrogen and oxygen atoms in total. The number of rotatable bonds is 3. The van der Waals surface area contributed by atoms with Crippen LogP contribution in [0.15, 0.2) is 48.5 Å². The second kappa shape index (κ2) is 5.85. The summed E-state index contributed by atoms with van der Waals surface area (Å²) in [5, 5.41) is 3.37. The van der Waals surface area contributed by atoms with Gasteiger partial charge in [-0.05, 0) is 17.7 Å². The van der Waals surface area contributed by atoms with Crippen LogP contribution in [0.25, 0.3) is 0 Å². The standard InChI is InChI=1S/C16H19N3/c1-2-5-14(6-3-1)13-15-7-4-8-16(18-15)19-11-9-17-10-12-19/h1-8,17H,9-13H2. The average molecular weight is 253 g/mol. The number of benzene rings is 1. The summed E-state index contributed by atoms with van der Waals surface area (Å²) in [7, 11) is 0. The van der Waals surface area contributed by atoms with Gasteiger partial charge >= 0.3 is 0 Å². The zero-order valence-electron chi connectivity index (χ0n) is 11.0. The van der Waals surface area contributed by atoms with Gasteiger partial charge in [-0.3, -0.25) is 0 Å². The molecule has 1 fully saturated rings. The summed E-state index contributed by atoms with van der Waals surface area (Å²) >= 11 is 0. The Kier molecular flexibility index (Phi) is 3.75. The Labute approximate surface area is 114 Å². The first kappa shape index (κ1) is 12.2. The SMILES string of the molecule is c1ccc(Cc2cccc(N3CCNCC3)n2)cc1. The Balaban J connectivity index is 1.76. The van der Waals surface area contributed by atoms with Crippen molar-refractivity contribution in [2.45, 2.75) is 6.42 Å². The van der Waals surface area contributed by atoms with Gasteiger partial charge in [0.2, 0.25) is 0 Å². The van der Waals surface area contributed by atoms with E-state index in [9.17, 15) is 0 Å². The third kappa shape index (κ3) is 3.12. The number of hydrogen-bond acceptors (Lipinski definition) is 3. The maximum atomic E-state index is 4.79. The molecule has 0 amide bonds. The summed E-state index contributed by atoms with van der Waals surface area (Å²) in [5.74, 6) is 1.11. The lowest BCUT2D eigenvalue weighted by molar-refractivity contribution is 0.584. The minimum atomic E-state index is 0.904. The number of pyridine rings is 1. The van der Waals surface area contributed by atoms with E-state index in [1.807, 2.05) is 6.07 Å². The highest BCUT2D eigenvalue weighted by Crippen LogP contribution is 2.14. The molecule has 1 aromatic heterocycles. The van der Waals surface area contributed by atoms with E-state index in [0.29, 0.717) is 0 Å². The highest BCUT2D eigenvalue weighted by Gasteiger charge is 2.11. The Hall–Kier alpha value is -1.87. The van der Waals surface area contributed by atoms with Crippen molar-refractivity contribution in [2.75, 3.05) is 31.1 Å². The van der Waals surface area contributed by atoms with Crippen molar-refractivity contribution >= 4 is 5.82 Å². The number of nitrogens with zero attached hydrogens (tertiary/aromatic N) is 2. The topological polar surface area (TPSA) is 28.2 Å². The Morgan fingerprint density at radius 1 is 0.947 bits per heavy atom. The van der Waals surface area contributed by atoms with Crippen molar-refractivity contribution in [3.8, 4) is 0 Å². The van der Waals surface area contributed by atoms with Crippen LogP contribution in [0.1, 0.15) is 11.3 Å². The van der Waals surface area contributed by atoms with E-state index < -0.39 is 0 Å². The molecule has 1 aliphatic heterocycles. The van der Waals surface area contributed by atoms with Gasteiger partial charge in [0, 0.05) is 38.3 Å². The van der Waals surface area contributed by atoms with E-state index >= 15 is 0 Å². The summed E-state index contributed by atoms with van der Waals surface area (Å²) in [4.78, 5) is 7.14. The molecule has 0 spiro atoms. The van der Waals surface area contributed by atoms with Crippen LogP contribution in [0.4, 0.5) is 5.82 Å². The molecule has 0 atom stereocenters. The largest absolute Gasteiger partial charge is 0.354 e. The predicted molar refractivity (Wildman–Crippen MR) is 78.6 cm³/mol. The molecule has 3 heteroatoms. The lowest BCUT2D eigenvalue weighted by Crippen LogP contribution is -2.43. The number of nitrogens with one attached hydrogen (secondary N) is 1. The van der Waals surface area contributed by atoms with Crippen molar-refractivity contribution < 1.29 is 0 Å². The molecule has 2 heterocycles. The van der Waals surface area contributed by atoms with Gasteiger partial charge in [-0.25, -0.2) is 4.98 Å². The van der Waals surface area contributed by atoms with Crippen molar-refractivity contribution in [2.24, 2.45) is 0 Å². The van der Waals surface area contributed by atoms with Gasteiger partial charge in [-0.2, -0.15) is 0 Å². The number of piperazine rings is 1. The highest BCUT2D eigenvalue weighted by atomic mass is 15.2. The van der Waals surface area contributed by atoms with Crippen LogP contribution >= 0.6 is 0 Å². The van der Waals surface area contributed by atoms with Crippen LogP contribution in [0.5, 0.6) is 0 Å². The third-order valence-electron chi connectivity index (χ3n) is 3.46. The summed E-state index contributed by atoms with van der Waals surface area (Å²) in [6.45, 7) is 4.18. The lowest BCUT2D eigenvalue weighted by Gasteiger charge is -2.28. The van der Waals surface area contributed by atoms with Crippen LogP contribution in [-0.2, 0) is 6.42 Å². The van der Waals surface area contributed by atoms with Crippen molar-refractivity contribution in [3.05, 3.63) is 59.8 Å². The number of hydrogen-bond donors (Lipinski definition) is 1. The molecular weight excluding hydrogens is 234 g/mol. The Morgan fingerprint density at radius 2 is 1.74 bits per heavy atom. The predicted octanol–water partition coefficient (Wildman–Crippen LogP) is 2.08. The number of anilines is 1. The molecule has 0 bridgehead atoms. The van der Waals surface area contributed by atoms with Crippen molar-refractivity contribution in [3.63, 3.8) is 0 Å². The molecule has 1 aliphatic rings. The lowest BCUT2D eigenvalue weighted by atomic mass is 10.1. The van der Waals surface area contributed by atoms with Crippen LogP contribution in [0, 0.1) is 0 Å². The van der Waals surface area contributed by atoms with Gasteiger partial charge in [0.25, 0.3) is 0 Å². The van der Waals surface area contributed by atoms with Crippen LogP contribution < -0.4 is 10.2 Å². The molecule has 19 heavy (non-hydrogen) atoms. The monoisotopic (exact) mass is 253 g/mol. The van der Waals surface area contributed by atoms with E-state index in [-0.39, 0.29) is 0 Å². The average Bonchev–Trinajstić information content (AvgIpc) is 2.49. The molecule has 0 saturated carbocycles. The van der Waals surface area contributed by atoms with Crippen LogP contribution in [0.2, 0.25) is 0 Å². The first-order chi connectivity index (χ1) is 9.42. The third-order valence-corrected chi connectivity index (χ3v) is 3.46. The van der Waals surface area contributed by atoms with Gasteiger partial charge < -0.3 is 10.2 Å². The zero-order valence-corrected chi connectivity index (χ0v) is 11.0. The fourth-order valence-corrected chi connectivity index (χ4v) is 2.44. The second-order valence-corrected chi connectivity index (χ2v) is 4.89.